The third-order valence-corrected chi connectivity index (χ3v) is 7.69. The van der Waals surface area contributed by atoms with Gasteiger partial charge in [-0.1, -0.05) is 13.8 Å². The van der Waals surface area contributed by atoms with E-state index in [1.54, 1.807) is 4.90 Å². The molecule has 0 aromatic rings. The Morgan fingerprint density at radius 1 is 0.935 bits per heavy atom. The standard InChI is InChI=1S/C23H38N4O4/c1-15(2)14-31-22(30)27-6-4-26(5-7-27)16(3)20(28)24-21(29)25-23-11-17-8-18(12-23)10-19(9-17)13-23/h15-19H,4-14H2,1-3H3,(H2,24,25,28,29). The van der Waals surface area contributed by atoms with Gasteiger partial charge in [0.1, 0.15) is 0 Å². The van der Waals surface area contributed by atoms with Gasteiger partial charge in [-0.05, 0) is 69.1 Å². The van der Waals surface area contributed by atoms with Crippen molar-refractivity contribution in [3.63, 3.8) is 0 Å². The summed E-state index contributed by atoms with van der Waals surface area (Å²) in [5, 5.41) is 5.78. The Kier molecular flexibility index (Phi) is 6.47. The SMILES string of the molecule is CC(C)COC(=O)N1CCN(C(C)C(=O)NC(=O)NC23CC4CC(CC(C4)C2)C3)CC1. The van der Waals surface area contributed by atoms with E-state index in [4.69, 9.17) is 4.74 Å². The van der Waals surface area contributed by atoms with Crippen LogP contribution in [-0.4, -0.2) is 72.2 Å². The zero-order chi connectivity index (χ0) is 22.2. The first-order valence-electron chi connectivity index (χ1n) is 12.0. The normalized spacial score (nSPS) is 33.3. The van der Waals surface area contributed by atoms with Crippen molar-refractivity contribution in [3.05, 3.63) is 0 Å². The number of imide groups is 1. The number of piperazine rings is 1. The number of carbonyl (C=O) groups excluding carboxylic acids is 3. The Bertz CT molecular complexity index is 666. The Hall–Kier alpha value is -1.83. The summed E-state index contributed by atoms with van der Waals surface area (Å²) in [6.45, 7) is 8.46. The van der Waals surface area contributed by atoms with Gasteiger partial charge in [0.15, 0.2) is 0 Å². The summed E-state index contributed by atoms with van der Waals surface area (Å²) in [4.78, 5) is 41.2. The maximum absolute atomic E-state index is 12.7. The maximum Gasteiger partial charge on any atom is 0.409 e. The highest BCUT2D eigenvalue weighted by molar-refractivity contribution is 5.97. The van der Waals surface area contributed by atoms with Crippen molar-refractivity contribution in [3.8, 4) is 0 Å². The van der Waals surface area contributed by atoms with Crippen LogP contribution in [0.1, 0.15) is 59.3 Å². The minimum atomic E-state index is -0.420. The molecule has 4 aliphatic carbocycles. The summed E-state index contributed by atoms with van der Waals surface area (Å²) in [6, 6.07) is -0.773. The van der Waals surface area contributed by atoms with E-state index in [1.807, 2.05) is 25.7 Å². The summed E-state index contributed by atoms with van der Waals surface area (Å²) < 4.78 is 5.29. The van der Waals surface area contributed by atoms with Gasteiger partial charge < -0.3 is 15.0 Å². The smallest absolute Gasteiger partial charge is 0.409 e. The van der Waals surface area contributed by atoms with E-state index in [0.29, 0.717) is 38.7 Å². The van der Waals surface area contributed by atoms with Crippen LogP contribution in [0.2, 0.25) is 0 Å². The molecular weight excluding hydrogens is 396 g/mol. The van der Waals surface area contributed by atoms with Crippen molar-refractivity contribution in [1.82, 2.24) is 20.4 Å². The van der Waals surface area contributed by atoms with Crippen LogP contribution in [0.4, 0.5) is 9.59 Å². The van der Waals surface area contributed by atoms with Crippen LogP contribution in [0, 0.1) is 23.7 Å². The monoisotopic (exact) mass is 434 g/mol. The maximum atomic E-state index is 12.7. The molecule has 5 fully saturated rings. The minimum Gasteiger partial charge on any atom is -0.449 e. The highest BCUT2D eigenvalue weighted by atomic mass is 16.6. The van der Waals surface area contributed by atoms with Gasteiger partial charge in [-0.2, -0.15) is 0 Å². The summed E-state index contributed by atoms with van der Waals surface area (Å²) in [7, 11) is 0. The van der Waals surface area contributed by atoms with Crippen LogP contribution in [0.15, 0.2) is 0 Å². The van der Waals surface area contributed by atoms with Crippen molar-refractivity contribution < 1.29 is 19.1 Å². The molecule has 0 aromatic carbocycles. The molecule has 1 saturated heterocycles. The van der Waals surface area contributed by atoms with Gasteiger partial charge >= 0.3 is 12.1 Å². The number of amides is 4. The van der Waals surface area contributed by atoms with Crippen LogP contribution in [0.25, 0.3) is 0 Å². The molecule has 2 N–H and O–H groups in total. The summed E-state index contributed by atoms with van der Waals surface area (Å²) in [5.74, 6) is 2.25. The first-order chi connectivity index (χ1) is 14.7. The second kappa shape index (κ2) is 8.96. The lowest BCUT2D eigenvalue weighted by molar-refractivity contribution is -0.125. The molecule has 1 heterocycles. The van der Waals surface area contributed by atoms with Gasteiger partial charge in [0.25, 0.3) is 0 Å². The van der Waals surface area contributed by atoms with Gasteiger partial charge in [0.05, 0.1) is 12.6 Å². The number of urea groups is 1. The number of rotatable bonds is 5. The number of hydrogen-bond donors (Lipinski definition) is 2. The molecule has 0 spiro atoms. The van der Waals surface area contributed by atoms with Crippen LogP contribution in [-0.2, 0) is 9.53 Å². The molecule has 8 nitrogen and oxygen atoms in total. The van der Waals surface area contributed by atoms with Gasteiger partial charge in [-0.25, -0.2) is 9.59 Å². The Morgan fingerprint density at radius 2 is 1.48 bits per heavy atom. The number of hydrogen-bond acceptors (Lipinski definition) is 5. The third kappa shape index (κ3) is 5.16. The van der Waals surface area contributed by atoms with Crippen LogP contribution >= 0.6 is 0 Å². The Balaban J connectivity index is 1.22. The fraction of sp³-hybridized carbons (Fsp3) is 0.870. The van der Waals surface area contributed by atoms with Crippen LogP contribution < -0.4 is 10.6 Å². The summed E-state index contributed by atoms with van der Waals surface area (Å²) in [5.41, 5.74) is -0.107. The molecule has 174 valence electrons. The molecule has 0 aromatic heterocycles. The van der Waals surface area contributed by atoms with Gasteiger partial charge in [-0.15, -0.1) is 0 Å². The largest absolute Gasteiger partial charge is 0.449 e. The molecule has 4 saturated carbocycles. The Morgan fingerprint density at radius 3 is 2.00 bits per heavy atom. The summed E-state index contributed by atoms with van der Waals surface area (Å²) in [6.07, 6.45) is 6.84. The molecule has 1 atom stereocenters. The molecule has 31 heavy (non-hydrogen) atoms. The highest BCUT2D eigenvalue weighted by Gasteiger charge is 2.51. The topological polar surface area (TPSA) is 91.0 Å². The van der Waals surface area contributed by atoms with E-state index < -0.39 is 6.04 Å². The van der Waals surface area contributed by atoms with Crippen molar-refractivity contribution in [2.45, 2.75) is 70.9 Å². The first-order valence-corrected chi connectivity index (χ1v) is 12.0. The van der Waals surface area contributed by atoms with Crippen molar-refractivity contribution in [2.24, 2.45) is 23.7 Å². The predicted octanol–water partition coefficient (Wildman–Crippen LogP) is 2.58. The second-order valence-electron chi connectivity index (χ2n) is 10.8. The molecule has 1 unspecified atom stereocenters. The lowest BCUT2D eigenvalue weighted by Crippen LogP contribution is -2.63. The predicted molar refractivity (Wildman–Crippen MR) is 116 cm³/mol. The zero-order valence-electron chi connectivity index (χ0n) is 19.2. The van der Waals surface area contributed by atoms with E-state index in [1.165, 1.54) is 19.3 Å². The molecular formula is C23H38N4O4. The number of ether oxygens (including phenoxy) is 1. The molecule has 5 aliphatic rings. The quantitative estimate of drug-likeness (QED) is 0.694. The third-order valence-electron chi connectivity index (χ3n) is 7.69. The molecule has 4 amide bonds. The molecule has 8 heteroatoms. The Labute approximate surface area is 185 Å². The number of carbonyl (C=O) groups is 3. The first kappa shape index (κ1) is 22.4. The van der Waals surface area contributed by atoms with E-state index in [2.05, 4.69) is 10.6 Å². The van der Waals surface area contributed by atoms with E-state index in [9.17, 15) is 14.4 Å². The number of nitrogens with one attached hydrogen (secondary N) is 2. The van der Waals surface area contributed by atoms with E-state index in [0.717, 1.165) is 37.0 Å². The molecule has 0 radical (unpaired) electrons. The highest BCUT2D eigenvalue weighted by Crippen LogP contribution is 2.55. The number of nitrogens with zero attached hydrogens (tertiary/aromatic N) is 2. The molecule has 1 aliphatic heterocycles. The minimum absolute atomic E-state index is 0.107. The van der Waals surface area contributed by atoms with Crippen LogP contribution in [0.3, 0.4) is 0 Å². The van der Waals surface area contributed by atoms with Crippen LogP contribution in [0.5, 0.6) is 0 Å². The zero-order valence-corrected chi connectivity index (χ0v) is 19.2. The van der Waals surface area contributed by atoms with Crippen molar-refractivity contribution in [2.75, 3.05) is 32.8 Å². The fourth-order valence-corrected chi connectivity index (χ4v) is 6.54. The molecule has 4 bridgehead atoms. The van der Waals surface area contributed by atoms with E-state index in [-0.39, 0.29) is 23.6 Å². The lowest BCUT2D eigenvalue weighted by Gasteiger charge is -2.56. The second-order valence-corrected chi connectivity index (χ2v) is 10.8. The van der Waals surface area contributed by atoms with Gasteiger partial charge in [-0.3, -0.25) is 15.0 Å². The molecule has 5 rings (SSSR count). The van der Waals surface area contributed by atoms with Crippen molar-refractivity contribution in [1.29, 1.82) is 0 Å². The van der Waals surface area contributed by atoms with E-state index >= 15 is 0 Å². The summed E-state index contributed by atoms with van der Waals surface area (Å²) >= 11 is 0. The van der Waals surface area contributed by atoms with Gasteiger partial charge in [0.2, 0.25) is 5.91 Å². The average molecular weight is 435 g/mol. The average Bonchev–Trinajstić information content (AvgIpc) is 2.70. The van der Waals surface area contributed by atoms with Crippen molar-refractivity contribution >= 4 is 18.0 Å². The fourth-order valence-electron chi connectivity index (χ4n) is 6.54. The lowest BCUT2D eigenvalue weighted by atomic mass is 9.53. The van der Waals surface area contributed by atoms with Gasteiger partial charge in [0, 0.05) is 31.7 Å².